The standard InChI is InChI=1S/C15H18ClN3/c16-15-18-13-8-4-3-7-12(13)14(19-15)17-10-9-11-5-1-2-6-11/h3-4,7-8,11H,1-2,5-6,9-10H2,(H,17,18,19). The van der Waals surface area contributed by atoms with Gasteiger partial charge in [0.05, 0.1) is 5.52 Å². The molecular formula is C15H18ClN3. The van der Waals surface area contributed by atoms with Crippen LogP contribution in [0.2, 0.25) is 5.28 Å². The Hall–Kier alpha value is -1.35. The highest BCUT2D eigenvalue weighted by Crippen LogP contribution is 2.28. The number of hydrogen-bond donors (Lipinski definition) is 1. The van der Waals surface area contributed by atoms with Crippen LogP contribution < -0.4 is 5.32 Å². The van der Waals surface area contributed by atoms with Crippen LogP contribution >= 0.6 is 11.6 Å². The number of anilines is 1. The molecule has 1 aromatic heterocycles. The summed E-state index contributed by atoms with van der Waals surface area (Å²) in [5, 5.41) is 4.77. The van der Waals surface area contributed by atoms with E-state index >= 15 is 0 Å². The molecule has 1 heterocycles. The zero-order valence-electron chi connectivity index (χ0n) is 10.9. The fourth-order valence-corrected chi connectivity index (χ4v) is 3.05. The monoisotopic (exact) mass is 275 g/mol. The van der Waals surface area contributed by atoms with Crippen LogP contribution in [0, 0.1) is 5.92 Å². The maximum absolute atomic E-state index is 5.97. The molecule has 2 aromatic rings. The molecule has 0 radical (unpaired) electrons. The molecule has 1 aliphatic carbocycles. The van der Waals surface area contributed by atoms with Crippen molar-refractivity contribution in [3.63, 3.8) is 0 Å². The first-order valence-corrected chi connectivity index (χ1v) is 7.37. The van der Waals surface area contributed by atoms with Crippen LogP contribution in [0.15, 0.2) is 24.3 Å². The van der Waals surface area contributed by atoms with Gasteiger partial charge in [-0.05, 0) is 36.1 Å². The van der Waals surface area contributed by atoms with Gasteiger partial charge in [-0.15, -0.1) is 0 Å². The number of halogens is 1. The minimum atomic E-state index is 0.307. The summed E-state index contributed by atoms with van der Waals surface area (Å²) in [6.45, 7) is 0.960. The topological polar surface area (TPSA) is 37.8 Å². The zero-order chi connectivity index (χ0) is 13.1. The molecule has 19 heavy (non-hydrogen) atoms. The van der Waals surface area contributed by atoms with Crippen LogP contribution in [0.25, 0.3) is 10.9 Å². The Morgan fingerprint density at radius 3 is 2.79 bits per heavy atom. The molecular weight excluding hydrogens is 258 g/mol. The SMILES string of the molecule is Clc1nc(NCCC2CCCC2)c2ccccc2n1. The lowest BCUT2D eigenvalue weighted by Crippen LogP contribution is -2.08. The normalized spacial score (nSPS) is 16.1. The van der Waals surface area contributed by atoms with Gasteiger partial charge in [0, 0.05) is 11.9 Å². The summed E-state index contributed by atoms with van der Waals surface area (Å²) in [7, 11) is 0. The first kappa shape index (κ1) is 12.7. The number of benzene rings is 1. The van der Waals surface area contributed by atoms with Crippen molar-refractivity contribution in [3.8, 4) is 0 Å². The van der Waals surface area contributed by atoms with Crippen LogP contribution in [-0.4, -0.2) is 16.5 Å². The second kappa shape index (κ2) is 5.74. The number of rotatable bonds is 4. The van der Waals surface area contributed by atoms with E-state index in [9.17, 15) is 0 Å². The fourth-order valence-electron chi connectivity index (χ4n) is 2.88. The van der Waals surface area contributed by atoms with Crippen LogP contribution in [0.1, 0.15) is 32.1 Å². The lowest BCUT2D eigenvalue weighted by Gasteiger charge is -2.12. The number of hydrogen-bond acceptors (Lipinski definition) is 3. The Morgan fingerprint density at radius 2 is 1.95 bits per heavy atom. The molecule has 100 valence electrons. The Morgan fingerprint density at radius 1 is 1.16 bits per heavy atom. The summed E-state index contributed by atoms with van der Waals surface area (Å²) in [5.41, 5.74) is 0.894. The number of nitrogens with zero attached hydrogens (tertiary/aromatic N) is 2. The van der Waals surface area contributed by atoms with E-state index in [1.807, 2.05) is 24.3 Å². The average Bonchev–Trinajstić information content (AvgIpc) is 2.91. The maximum Gasteiger partial charge on any atom is 0.224 e. The van der Waals surface area contributed by atoms with Gasteiger partial charge in [-0.1, -0.05) is 37.8 Å². The molecule has 1 aromatic carbocycles. The van der Waals surface area contributed by atoms with Crippen LogP contribution in [0.5, 0.6) is 0 Å². The average molecular weight is 276 g/mol. The van der Waals surface area contributed by atoms with Gasteiger partial charge < -0.3 is 5.32 Å². The lowest BCUT2D eigenvalue weighted by atomic mass is 10.0. The first-order chi connectivity index (χ1) is 9.33. The lowest BCUT2D eigenvalue weighted by molar-refractivity contribution is 0.518. The molecule has 1 aliphatic rings. The number of nitrogens with one attached hydrogen (secondary N) is 1. The molecule has 0 aliphatic heterocycles. The molecule has 3 rings (SSSR count). The molecule has 0 spiro atoms. The Balaban J connectivity index is 1.72. The predicted octanol–water partition coefficient (Wildman–Crippen LogP) is 4.28. The van der Waals surface area contributed by atoms with Gasteiger partial charge in [-0.25, -0.2) is 9.97 Å². The van der Waals surface area contributed by atoms with Crippen LogP contribution in [0.4, 0.5) is 5.82 Å². The largest absolute Gasteiger partial charge is 0.369 e. The van der Waals surface area contributed by atoms with E-state index in [4.69, 9.17) is 11.6 Å². The summed E-state index contributed by atoms with van der Waals surface area (Å²) in [5.74, 6) is 1.74. The van der Waals surface area contributed by atoms with E-state index in [-0.39, 0.29) is 0 Å². The molecule has 0 saturated heterocycles. The van der Waals surface area contributed by atoms with Crippen molar-refractivity contribution in [3.05, 3.63) is 29.5 Å². The number of aromatic nitrogens is 2. The van der Waals surface area contributed by atoms with Crippen molar-refractivity contribution < 1.29 is 0 Å². The maximum atomic E-state index is 5.97. The van der Waals surface area contributed by atoms with Crippen molar-refractivity contribution in [2.75, 3.05) is 11.9 Å². The number of fused-ring (bicyclic) bond motifs is 1. The molecule has 4 heteroatoms. The number of para-hydroxylation sites is 1. The smallest absolute Gasteiger partial charge is 0.224 e. The third kappa shape index (κ3) is 2.98. The Bertz CT molecular complexity index is 564. The molecule has 0 amide bonds. The molecule has 3 nitrogen and oxygen atoms in total. The highest BCUT2D eigenvalue weighted by atomic mass is 35.5. The van der Waals surface area contributed by atoms with Crippen molar-refractivity contribution in [2.24, 2.45) is 5.92 Å². The second-order valence-corrected chi connectivity index (χ2v) is 5.56. The highest BCUT2D eigenvalue weighted by Gasteiger charge is 2.14. The van der Waals surface area contributed by atoms with Gasteiger partial charge in [0.2, 0.25) is 5.28 Å². The molecule has 1 saturated carbocycles. The van der Waals surface area contributed by atoms with E-state index in [0.717, 1.165) is 29.2 Å². The van der Waals surface area contributed by atoms with Crippen molar-refractivity contribution in [2.45, 2.75) is 32.1 Å². The fraction of sp³-hybridized carbons (Fsp3) is 0.467. The molecule has 0 atom stereocenters. The minimum absolute atomic E-state index is 0.307. The van der Waals surface area contributed by atoms with E-state index in [2.05, 4.69) is 15.3 Å². The van der Waals surface area contributed by atoms with Gasteiger partial charge >= 0.3 is 0 Å². The van der Waals surface area contributed by atoms with E-state index in [1.165, 1.54) is 32.1 Å². The van der Waals surface area contributed by atoms with Gasteiger partial charge in [0.25, 0.3) is 0 Å². The van der Waals surface area contributed by atoms with Crippen molar-refractivity contribution >= 4 is 28.3 Å². The third-order valence-electron chi connectivity index (χ3n) is 3.90. The van der Waals surface area contributed by atoms with Gasteiger partial charge in [-0.2, -0.15) is 0 Å². The van der Waals surface area contributed by atoms with E-state index in [0.29, 0.717) is 5.28 Å². The highest BCUT2D eigenvalue weighted by molar-refractivity contribution is 6.28. The Kier molecular flexibility index (Phi) is 3.83. The van der Waals surface area contributed by atoms with Crippen molar-refractivity contribution in [1.82, 2.24) is 9.97 Å². The predicted molar refractivity (Wildman–Crippen MR) is 79.6 cm³/mol. The van der Waals surface area contributed by atoms with E-state index < -0.39 is 0 Å². The summed E-state index contributed by atoms with van der Waals surface area (Å²) in [6.07, 6.45) is 6.77. The molecule has 1 fully saturated rings. The Labute approximate surface area is 118 Å². The quantitative estimate of drug-likeness (QED) is 0.847. The van der Waals surface area contributed by atoms with Crippen molar-refractivity contribution in [1.29, 1.82) is 0 Å². The van der Waals surface area contributed by atoms with E-state index in [1.54, 1.807) is 0 Å². The summed E-state index contributed by atoms with van der Waals surface area (Å²) >= 11 is 5.97. The molecule has 0 unspecified atom stereocenters. The summed E-state index contributed by atoms with van der Waals surface area (Å²) in [4.78, 5) is 8.54. The molecule has 1 N–H and O–H groups in total. The van der Waals surface area contributed by atoms with Gasteiger partial charge in [0.15, 0.2) is 0 Å². The minimum Gasteiger partial charge on any atom is -0.369 e. The summed E-state index contributed by atoms with van der Waals surface area (Å²) < 4.78 is 0. The second-order valence-electron chi connectivity index (χ2n) is 5.22. The summed E-state index contributed by atoms with van der Waals surface area (Å²) in [6, 6.07) is 7.96. The first-order valence-electron chi connectivity index (χ1n) is 6.99. The molecule has 0 bridgehead atoms. The zero-order valence-corrected chi connectivity index (χ0v) is 11.7. The van der Waals surface area contributed by atoms with Crippen LogP contribution in [0.3, 0.4) is 0 Å². The van der Waals surface area contributed by atoms with Crippen LogP contribution in [-0.2, 0) is 0 Å². The third-order valence-corrected chi connectivity index (χ3v) is 4.06. The van der Waals surface area contributed by atoms with Gasteiger partial charge in [-0.3, -0.25) is 0 Å². The van der Waals surface area contributed by atoms with Gasteiger partial charge in [0.1, 0.15) is 5.82 Å².